The monoisotopic (exact) mass is 193 g/mol. The Kier molecular flexibility index (Phi) is 1.69. The summed E-state index contributed by atoms with van der Waals surface area (Å²) >= 11 is 0. The molecule has 0 radical (unpaired) electrons. The molecule has 2 N–H and O–H groups in total. The van der Waals surface area contributed by atoms with E-state index in [2.05, 4.69) is 0 Å². The summed E-state index contributed by atoms with van der Waals surface area (Å²) in [6.45, 7) is 1.11. The van der Waals surface area contributed by atoms with Crippen LogP contribution in [-0.4, -0.2) is 32.7 Å². The fourth-order valence-electron chi connectivity index (χ4n) is 1.60. The fraction of sp³-hybridized carbons (Fsp3) is 1.00. The van der Waals surface area contributed by atoms with E-state index in [-0.39, 0.29) is 0 Å². The van der Waals surface area contributed by atoms with E-state index in [1.165, 1.54) is 0 Å². The lowest BCUT2D eigenvalue weighted by Crippen LogP contribution is -2.53. The minimum atomic E-state index is -3.39. The molecule has 1 saturated carbocycles. The molecule has 0 aromatic carbocycles. The third-order valence-corrected chi connectivity index (χ3v) is 3.62. The summed E-state index contributed by atoms with van der Waals surface area (Å²) in [6.07, 6.45) is 0.762. The van der Waals surface area contributed by atoms with Gasteiger partial charge in [-0.25, -0.2) is 13.6 Å². The zero-order chi connectivity index (χ0) is 8.82. The van der Waals surface area contributed by atoms with E-state index in [1.807, 2.05) is 0 Å². The molecular formula is C6H11NO4S. The minimum absolute atomic E-state index is 0.381. The van der Waals surface area contributed by atoms with E-state index in [9.17, 15) is 8.42 Å². The first-order chi connectivity index (χ1) is 5.52. The van der Waals surface area contributed by atoms with Gasteiger partial charge in [0.15, 0.2) is 5.79 Å². The van der Waals surface area contributed by atoms with E-state index in [4.69, 9.17) is 14.6 Å². The van der Waals surface area contributed by atoms with Crippen molar-refractivity contribution in [2.45, 2.75) is 23.9 Å². The molecule has 1 aliphatic heterocycles. The van der Waals surface area contributed by atoms with Crippen LogP contribution in [0.3, 0.4) is 0 Å². The lowest BCUT2D eigenvalue weighted by molar-refractivity contribution is -0.203. The summed E-state index contributed by atoms with van der Waals surface area (Å²) in [4.78, 5) is 0. The van der Waals surface area contributed by atoms with Gasteiger partial charge in [-0.15, -0.1) is 0 Å². The second-order valence-corrected chi connectivity index (χ2v) is 5.07. The topological polar surface area (TPSA) is 78.6 Å². The average molecular weight is 193 g/mol. The van der Waals surface area contributed by atoms with Crippen LogP contribution in [0.4, 0.5) is 0 Å². The zero-order valence-electron chi connectivity index (χ0n) is 6.52. The van der Waals surface area contributed by atoms with Crippen molar-refractivity contribution in [1.29, 1.82) is 0 Å². The molecule has 2 fully saturated rings. The average Bonchev–Trinajstić information content (AvgIpc) is 2.27. The molecule has 6 heteroatoms. The SMILES string of the molecule is NS(=O)(=O)C1CC2(C1)OCCO2. The Balaban J connectivity index is 1.99. The maximum atomic E-state index is 10.8. The van der Waals surface area contributed by atoms with Crippen molar-refractivity contribution in [3.05, 3.63) is 0 Å². The van der Waals surface area contributed by atoms with Crippen LogP contribution in [0.25, 0.3) is 0 Å². The maximum Gasteiger partial charge on any atom is 0.212 e. The lowest BCUT2D eigenvalue weighted by Gasteiger charge is -2.41. The molecule has 1 aliphatic carbocycles. The van der Waals surface area contributed by atoms with Gasteiger partial charge < -0.3 is 9.47 Å². The molecule has 0 amide bonds. The molecule has 1 heterocycles. The first-order valence-electron chi connectivity index (χ1n) is 3.81. The molecule has 12 heavy (non-hydrogen) atoms. The summed E-state index contributed by atoms with van der Waals surface area (Å²) in [5, 5.41) is 4.48. The van der Waals surface area contributed by atoms with E-state index in [1.54, 1.807) is 0 Å². The molecule has 1 saturated heterocycles. The van der Waals surface area contributed by atoms with Crippen LogP contribution in [0.2, 0.25) is 0 Å². The third-order valence-electron chi connectivity index (χ3n) is 2.36. The molecule has 1 spiro atoms. The van der Waals surface area contributed by atoms with E-state index >= 15 is 0 Å². The van der Waals surface area contributed by atoms with Crippen LogP contribution in [0.15, 0.2) is 0 Å². The highest BCUT2D eigenvalue weighted by molar-refractivity contribution is 7.89. The highest BCUT2D eigenvalue weighted by Crippen LogP contribution is 2.42. The molecule has 0 atom stereocenters. The van der Waals surface area contributed by atoms with Crippen LogP contribution in [0, 0.1) is 0 Å². The highest BCUT2D eigenvalue weighted by Gasteiger charge is 2.53. The molecular weight excluding hydrogens is 182 g/mol. The molecule has 0 unspecified atom stereocenters. The van der Waals surface area contributed by atoms with Crippen LogP contribution in [-0.2, 0) is 19.5 Å². The quantitative estimate of drug-likeness (QED) is 0.590. The number of ether oxygens (including phenoxy) is 2. The van der Waals surface area contributed by atoms with Gasteiger partial charge in [0.2, 0.25) is 10.0 Å². The summed E-state index contributed by atoms with van der Waals surface area (Å²) in [5.74, 6) is -0.614. The van der Waals surface area contributed by atoms with E-state index in [0.717, 1.165) is 0 Å². The van der Waals surface area contributed by atoms with Crippen LogP contribution >= 0.6 is 0 Å². The minimum Gasteiger partial charge on any atom is -0.347 e. The normalized spacial score (nSPS) is 29.1. The lowest BCUT2D eigenvalue weighted by atomic mass is 9.91. The summed E-state index contributed by atoms with van der Waals surface area (Å²) in [5.41, 5.74) is 0. The van der Waals surface area contributed by atoms with Gasteiger partial charge in [0.25, 0.3) is 0 Å². The van der Waals surface area contributed by atoms with Crippen LogP contribution < -0.4 is 5.14 Å². The molecule has 5 nitrogen and oxygen atoms in total. The van der Waals surface area contributed by atoms with Gasteiger partial charge >= 0.3 is 0 Å². The van der Waals surface area contributed by atoms with Crippen molar-refractivity contribution >= 4 is 10.0 Å². The predicted molar refractivity (Wildman–Crippen MR) is 40.8 cm³/mol. The number of nitrogens with two attached hydrogens (primary N) is 1. The number of primary sulfonamides is 1. The van der Waals surface area contributed by atoms with Gasteiger partial charge in [-0.3, -0.25) is 0 Å². The van der Waals surface area contributed by atoms with Crippen molar-refractivity contribution < 1.29 is 17.9 Å². The Bertz CT molecular complexity index is 272. The summed E-state index contributed by atoms with van der Waals surface area (Å²) in [7, 11) is -3.39. The fourth-order valence-corrected chi connectivity index (χ4v) is 2.57. The summed E-state index contributed by atoms with van der Waals surface area (Å²) in [6, 6.07) is 0. The summed E-state index contributed by atoms with van der Waals surface area (Å²) < 4.78 is 32.2. The van der Waals surface area contributed by atoms with Gasteiger partial charge in [0.1, 0.15) is 0 Å². The number of sulfonamides is 1. The van der Waals surface area contributed by atoms with E-state index < -0.39 is 21.1 Å². The molecule has 2 aliphatic rings. The molecule has 0 aromatic rings. The Morgan fingerprint density at radius 3 is 2.17 bits per heavy atom. The third kappa shape index (κ3) is 1.24. The predicted octanol–water partition coefficient (Wildman–Crippen LogP) is -0.820. The number of hydrogen-bond donors (Lipinski definition) is 1. The first-order valence-corrected chi connectivity index (χ1v) is 5.42. The number of hydrogen-bond acceptors (Lipinski definition) is 4. The standard InChI is InChI=1S/C6H11NO4S/c7-12(8,9)5-3-6(4-5)10-1-2-11-6/h5H,1-4H2,(H2,7,8,9). The van der Waals surface area contributed by atoms with E-state index in [0.29, 0.717) is 26.1 Å². The number of rotatable bonds is 1. The highest BCUT2D eigenvalue weighted by atomic mass is 32.2. The van der Waals surface area contributed by atoms with Gasteiger partial charge in [-0.2, -0.15) is 0 Å². The van der Waals surface area contributed by atoms with Crippen molar-refractivity contribution in [2.75, 3.05) is 13.2 Å². The Morgan fingerprint density at radius 1 is 1.25 bits per heavy atom. The van der Waals surface area contributed by atoms with Crippen LogP contribution in [0.5, 0.6) is 0 Å². The molecule has 70 valence electrons. The largest absolute Gasteiger partial charge is 0.347 e. The van der Waals surface area contributed by atoms with Gasteiger partial charge in [0, 0.05) is 12.8 Å². The molecule has 0 bridgehead atoms. The van der Waals surface area contributed by atoms with Crippen molar-refractivity contribution in [3.63, 3.8) is 0 Å². The Labute approximate surface area is 70.9 Å². The maximum absolute atomic E-state index is 10.8. The van der Waals surface area contributed by atoms with Gasteiger partial charge in [0.05, 0.1) is 18.5 Å². The first kappa shape index (κ1) is 8.43. The second-order valence-electron chi connectivity index (χ2n) is 3.23. The van der Waals surface area contributed by atoms with Crippen LogP contribution in [0.1, 0.15) is 12.8 Å². The second kappa shape index (κ2) is 2.41. The van der Waals surface area contributed by atoms with Crippen molar-refractivity contribution in [1.82, 2.24) is 0 Å². The molecule has 2 rings (SSSR count). The Morgan fingerprint density at radius 2 is 1.75 bits per heavy atom. The van der Waals surface area contributed by atoms with Crippen molar-refractivity contribution in [2.24, 2.45) is 5.14 Å². The zero-order valence-corrected chi connectivity index (χ0v) is 7.34. The van der Waals surface area contributed by atoms with Gasteiger partial charge in [-0.1, -0.05) is 0 Å². The van der Waals surface area contributed by atoms with Gasteiger partial charge in [-0.05, 0) is 0 Å². The molecule has 0 aromatic heterocycles. The Hall–Kier alpha value is -0.170. The smallest absolute Gasteiger partial charge is 0.212 e. The van der Waals surface area contributed by atoms with Crippen molar-refractivity contribution in [3.8, 4) is 0 Å².